The van der Waals surface area contributed by atoms with Gasteiger partial charge in [-0.25, -0.2) is 0 Å². The Kier molecular flexibility index (Phi) is 4.39. The number of aryl methyl sites for hydroxylation is 2. The van der Waals surface area contributed by atoms with Crippen molar-refractivity contribution in [3.05, 3.63) is 69.2 Å². The molecule has 0 aromatic heterocycles. The molecule has 0 aliphatic carbocycles. The summed E-state index contributed by atoms with van der Waals surface area (Å²) in [4.78, 5) is 12.3. The molecule has 0 saturated carbocycles. The van der Waals surface area contributed by atoms with Gasteiger partial charge in [0, 0.05) is 17.1 Å². The molecule has 1 aliphatic heterocycles. The van der Waals surface area contributed by atoms with Crippen LogP contribution in [0.15, 0.2) is 42.0 Å². The average Bonchev–Trinajstić information content (AvgIpc) is 2.53. The van der Waals surface area contributed by atoms with Gasteiger partial charge in [-0.15, -0.1) is 0 Å². The number of benzene rings is 2. The van der Waals surface area contributed by atoms with E-state index in [-0.39, 0.29) is 12.5 Å². The summed E-state index contributed by atoms with van der Waals surface area (Å²) in [5.74, 6) is 0.679. The molecule has 2 aromatic carbocycles. The quantitative estimate of drug-likeness (QED) is 0.923. The fourth-order valence-corrected chi connectivity index (χ4v) is 2.85. The Morgan fingerprint density at radius 3 is 2.70 bits per heavy atom. The van der Waals surface area contributed by atoms with Gasteiger partial charge in [0.2, 0.25) is 0 Å². The molecule has 1 heterocycles. The summed E-state index contributed by atoms with van der Waals surface area (Å²) in [6.45, 7) is 4.76. The molecule has 3 nitrogen and oxygen atoms in total. The largest absolute Gasteiger partial charge is 0.488 e. The summed E-state index contributed by atoms with van der Waals surface area (Å²) in [5, 5.41) is 3.57. The van der Waals surface area contributed by atoms with Crippen LogP contribution in [-0.4, -0.2) is 12.5 Å². The predicted octanol–water partition coefficient (Wildman–Crippen LogP) is 4.05. The Bertz CT molecular complexity index is 779. The maximum atomic E-state index is 12.3. The number of hydrogen-bond acceptors (Lipinski definition) is 2. The topological polar surface area (TPSA) is 38.3 Å². The number of halogens is 1. The van der Waals surface area contributed by atoms with Gasteiger partial charge in [-0.1, -0.05) is 41.4 Å². The minimum absolute atomic E-state index is 0.117. The van der Waals surface area contributed by atoms with E-state index < -0.39 is 0 Å². The molecule has 1 N–H and O–H groups in total. The van der Waals surface area contributed by atoms with Crippen LogP contribution in [0.5, 0.6) is 5.75 Å². The van der Waals surface area contributed by atoms with Gasteiger partial charge in [-0.3, -0.25) is 4.79 Å². The summed E-state index contributed by atoms with van der Waals surface area (Å²) < 4.78 is 5.72. The number of carbonyl (C=O) groups excluding carboxylic acids is 1. The molecule has 0 fully saturated rings. The Morgan fingerprint density at radius 2 is 1.96 bits per heavy atom. The number of carbonyl (C=O) groups is 1. The summed E-state index contributed by atoms with van der Waals surface area (Å²) >= 11 is 6.08. The van der Waals surface area contributed by atoms with Gasteiger partial charge in [0.1, 0.15) is 12.4 Å². The lowest BCUT2D eigenvalue weighted by Gasteiger charge is -2.19. The minimum atomic E-state index is -0.117. The fourth-order valence-electron chi connectivity index (χ4n) is 2.57. The Labute approximate surface area is 140 Å². The van der Waals surface area contributed by atoms with Crippen LogP contribution in [0.4, 0.5) is 0 Å². The van der Waals surface area contributed by atoms with Crippen LogP contribution in [-0.2, 0) is 11.3 Å². The van der Waals surface area contributed by atoms with Crippen LogP contribution in [0.25, 0.3) is 6.08 Å². The van der Waals surface area contributed by atoms with E-state index in [1.165, 1.54) is 5.56 Å². The van der Waals surface area contributed by atoms with Crippen LogP contribution in [0.1, 0.15) is 22.3 Å². The third-order valence-corrected chi connectivity index (χ3v) is 4.05. The molecule has 0 atom stereocenters. The predicted molar refractivity (Wildman–Crippen MR) is 92.7 cm³/mol. The molecule has 0 bridgehead atoms. The number of fused-ring (bicyclic) bond motifs is 1. The van der Waals surface area contributed by atoms with Crippen LogP contribution in [0, 0.1) is 13.8 Å². The molecule has 23 heavy (non-hydrogen) atoms. The Hall–Kier alpha value is -2.26. The summed E-state index contributed by atoms with van der Waals surface area (Å²) in [6, 6.07) is 11.8. The molecule has 118 valence electrons. The van der Waals surface area contributed by atoms with Crippen LogP contribution in [0.2, 0.25) is 5.02 Å². The van der Waals surface area contributed by atoms with Gasteiger partial charge >= 0.3 is 0 Å². The normalized spacial score (nSPS) is 12.9. The second-order valence-electron chi connectivity index (χ2n) is 5.77. The van der Waals surface area contributed by atoms with E-state index in [2.05, 4.69) is 5.32 Å². The number of ether oxygens (including phenoxy) is 1. The lowest BCUT2D eigenvalue weighted by Crippen LogP contribution is -2.28. The molecular formula is C19H18ClNO2. The number of rotatable bonds is 3. The first-order valence-corrected chi connectivity index (χ1v) is 7.88. The van der Waals surface area contributed by atoms with Gasteiger partial charge in [-0.2, -0.15) is 0 Å². The number of nitrogens with one attached hydrogen (secondary N) is 1. The maximum absolute atomic E-state index is 12.3. The molecule has 0 spiro atoms. The highest BCUT2D eigenvalue weighted by Crippen LogP contribution is 2.32. The summed E-state index contributed by atoms with van der Waals surface area (Å²) in [6.07, 6.45) is 1.85. The molecule has 3 rings (SSSR count). The molecule has 0 unspecified atom stereocenters. The molecule has 1 aliphatic rings. The van der Waals surface area contributed by atoms with Crippen molar-refractivity contribution in [1.29, 1.82) is 0 Å². The van der Waals surface area contributed by atoms with Crippen molar-refractivity contribution in [2.45, 2.75) is 20.4 Å². The number of hydrogen-bond donors (Lipinski definition) is 1. The monoisotopic (exact) mass is 327 g/mol. The first kappa shape index (κ1) is 15.6. The van der Waals surface area contributed by atoms with E-state index in [1.54, 1.807) is 0 Å². The van der Waals surface area contributed by atoms with E-state index in [1.807, 2.05) is 56.3 Å². The van der Waals surface area contributed by atoms with E-state index in [0.29, 0.717) is 17.1 Å². The number of amides is 1. The Morgan fingerprint density at radius 1 is 1.22 bits per heavy atom. The summed E-state index contributed by atoms with van der Waals surface area (Å²) in [7, 11) is 0. The lowest BCUT2D eigenvalue weighted by atomic mass is 10.0. The van der Waals surface area contributed by atoms with Crippen molar-refractivity contribution in [3.8, 4) is 5.75 Å². The highest BCUT2D eigenvalue weighted by atomic mass is 35.5. The molecule has 0 radical (unpaired) electrons. The van der Waals surface area contributed by atoms with Gasteiger partial charge in [0.05, 0.1) is 5.57 Å². The smallest absolute Gasteiger partial charge is 0.250 e. The van der Waals surface area contributed by atoms with Crippen LogP contribution < -0.4 is 10.1 Å². The molecule has 0 saturated heterocycles. The van der Waals surface area contributed by atoms with Crippen molar-refractivity contribution in [1.82, 2.24) is 5.32 Å². The maximum Gasteiger partial charge on any atom is 0.250 e. The Balaban J connectivity index is 1.72. The highest BCUT2D eigenvalue weighted by molar-refractivity contribution is 6.30. The van der Waals surface area contributed by atoms with E-state index in [9.17, 15) is 4.79 Å². The highest BCUT2D eigenvalue weighted by Gasteiger charge is 2.19. The van der Waals surface area contributed by atoms with Gasteiger partial charge in [0.15, 0.2) is 0 Å². The molecule has 4 heteroatoms. The molecular weight excluding hydrogens is 310 g/mol. The zero-order chi connectivity index (χ0) is 16.4. The molecule has 1 amide bonds. The third-order valence-electron chi connectivity index (χ3n) is 3.84. The average molecular weight is 328 g/mol. The fraction of sp³-hybridized carbons (Fsp3) is 0.211. The van der Waals surface area contributed by atoms with E-state index >= 15 is 0 Å². The van der Waals surface area contributed by atoms with Crippen LogP contribution in [0.3, 0.4) is 0 Å². The first-order chi connectivity index (χ1) is 11.0. The standard InChI is InChI=1S/C19H18ClNO2/c1-12-3-5-14(6-4-12)10-21-19(22)16-8-15-9-17(20)7-13(2)18(15)23-11-16/h3-9H,10-11H2,1-2H3,(H,21,22). The lowest BCUT2D eigenvalue weighted by molar-refractivity contribution is -0.117. The minimum Gasteiger partial charge on any atom is -0.488 e. The van der Waals surface area contributed by atoms with Crippen molar-refractivity contribution in [2.24, 2.45) is 0 Å². The van der Waals surface area contributed by atoms with Crippen LogP contribution >= 0.6 is 11.6 Å². The third kappa shape index (κ3) is 3.57. The van der Waals surface area contributed by atoms with Crippen molar-refractivity contribution in [3.63, 3.8) is 0 Å². The van der Waals surface area contributed by atoms with Gasteiger partial charge in [0.25, 0.3) is 5.91 Å². The SMILES string of the molecule is Cc1ccc(CNC(=O)C2=Cc3cc(Cl)cc(C)c3OC2)cc1. The van der Waals surface area contributed by atoms with Crippen molar-refractivity contribution >= 4 is 23.6 Å². The zero-order valence-corrected chi connectivity index (χ0v) is 13.9. The molecule has 2 aromatic rings. The second kappa shape index (κ2) is 6.47. The zero-order valence-electron chi connectivity index (χ0n) is 13.2. The van der Waals surface area contributed by atoms with Gasteiger partial charge in [-0.05, 0) is 43.2 Å². The summed E-state index contributed by atoms with van der Waals surface area (Å²) in [5.41, 5.74) is 4.70. The second-order valence-corrected chi connectivity index (χ2v) is 6.20. The first-order valence-electron chi connectivity index (χ1n) is 7.50. The van der Waals surface area contributed by atoms with Crippen molar-refractivity contribution < 1.29 is 9.53 Å². The van der Waals surface area contributed by atoms with Crippen molar-refractivity contribution in [2.75, 3.05) is 6.61 Å². The van der Waals surface area contributed by atoms with E-state index in [0.717, 1.165) is 22.4 Å². The van der Waals surface area contributed by atoms with Gasteiger partial charge < -0.3 is 10.1 Å². The van der Waals surface area contributed by atoms with E-state index in [4.69, 9.17) is 16.3 Å².